The van der Waals surface area contributed by atoms with E-state index in [4.69, 9.17) is 3.87 Å². The van der Waals surface area contributed by atoms with Crippen LogP contribution in [-0.4, -0.2) is 27.8 Å². The Hall–Kier alpha value is -0.203. The minimum absolute atomic E-state index is 0.191. The third-order valence-corrected chi connectivity index (χ3v) is 6.09. The van der Waals surface area contributed by atoms with Gasteiger partial charge in [-0.3, -0.25) is 4.79 Å². The van der Waals surface area contributed by atoms with Gasteiger partial charge in [-0.2, -0.15) is 8.42 Å². The SMILES string of the molecule is C[Si](C)(C)OS(=O)(=O)C1CCCC1=O. The van der Waals surface area contributed by atoms with Crippen molar-refractivity contribution in [3.63, 3.8) is 0 Å². The zero-order chi connectivity index (χ0) is 11.0. The van der Waals surface area contributed by atoms with Gasteiger partial charge >= 0.3 is 0 Å². The van der Waals surface area contributed by atoms with E-state index in [0.717, 1.165) is 0 Å². The van der Waals surface area contributed by atoms with Gasteiger partial charge in [-0.25, -0.2) is 0 Å². The minimum atomic E-state index is -3.65. The van der Waals surface area contributed by atoms with Crippen molar-refractivity contribution >= 4 is 24.2 Å². The van der Waals surface area contributed by atoms with E-state index in [-0.39, 0.29) is 5.78 Å². The Balaban J connectivity index is 2.80. The fraction of sp³-hybridized carbons (Fsp3) is 0.875. The highest BCUT2D eigenvalue weighted by Gasteiger charge is 2.39. The molecule has 0 N–H and O–H groups in total. The molecular formula is C8H16O4SSi. The molecule has 0 aromatic rings. The zero-order valence-corrected chi connectivity index (χ0v) is 10.6. The molecule has 0 spiro atoms. The summed E-state index contributed by atoms with van der Waals surface area (Å²) < 4.78 is 28.4. The van der Waals surface area contributed by atoms with Crippen LogP contribution in [-0.2, 0) is 18.8 Å². The lowest BCUT2D eigenvalue weighted by atomic mass is 10.3. The Morgan fingerprint density at radius 3 is 2.29 bits per heavy atom. The molecule has 0 amide bonds. The lowest BCUT2D eigenvalue weighted by Gasteiger charge is -2.19. The van der Waals surface area contributed by atoms with Crippen LogP contribution in [0.3, 0.4) is 0 Å². The van der Waals surface area contributed by atoms with Crippen LogP contribution in [0.2, 0.25) is 19.6 Å². The Morgan fingerprint density at radius 2 is 1.93 bits per heavy atom. The summed E-state index contributed by atoms with van der Waals surface area (Å²) in [6.07, 6.45) is 1.46. The summed E-state index contributed by atoms with van der Waals surface area (Å²) in [6.45, 7) is 5.39. The van der Waals surface area contributed by atoms with Crippen molar-refractivity contribution in [2.75, 3.05) is 0 Å². The summed E-state index contributed by atoms with van der Waals surface area (Å²) in [4.78, 5) is 11.3. The highest BCUT2D eigenvalue weighted by Crippen LogP contribution is 2.24. The zero-order valence-electron chi connectivity index (χ0n) is 8.74. The normalized spacial score (nSPS) is 24.2. The molecule has 4 nitrogen and oxygen atoms in total. The summed E-state index contributed by atoms with van der Waals surface area (Å²) >= 11 is 0. The number of ketones is 1. The van der Waals surface area contributed by atoms with Crippen LogP contribution >= 0.6 is 0 Å². The van der Waals surface area contributed by atoms with E-state index >= 15 is 0 Å². The quantitative estimate of drug-likeness (QED) is 0.693. The second-order valence-electron chi connectivity index (χ2n) is 4.54. The Bertz CT molecular complexity index is 328. The van der Waals surface area contributed by atoms with Crippen molar-refractivity contribution in [1.82, 2.24) is 0 Å². The Labute approximate surface area is 85.9 Å². The first-order valence-electron chi connectivity index (χ1n) is 4.69. The first-order valence-corrected chi connectivity index (χ1v) is 9.57. The molecule has 14 heavy (non-hydrogen) atoms. The van der Waals surface area contributed by atoms with E-state index in [1.807, 2.05) is 0 Å². The van der Waals surface area contributed by atoms with Crippen LogP contribution in [0.25, 0.3) is 0 Å². The van der Waals surface area contributed by atoms with Crippen molar-refractivity contribution in [3.8, 4) is 0 Å². The van der Waals surface area contributed by atoms with Crippen molar-refractivity contribution in [3.05, 3.63) is 0 Å². The molecule has 1 aliphatic carbocycles. The number of carbonyl (C=O) groups excluding carboxylic acids is 1. The summed E-state index contributed by atoms with van der Waals surface area (Å²) in [5, 5.41) is -0.894. The van der Waals surface area contributed by atoms with Gasteiger partial charge < -0.3 is 3.87 Å². The van der Waals surface area contributed by atoms with Crippen molar-refractivity contribution in [1.29, 1.82) is 0 Å². The average Bonchev–Trinajstić information content (AvgIpc) is 2.29. The topological polar surface area (TPSA) is 60.4 Å². The highest BCUT2D eigenvalue weighted by molar-refractivity contribution is 7.89. The van der Waals surface area contributed by atoms with E-state index in [0.29, 0.717) is 19.3 Å². The van der Waals surface area contributed by atoms with Crippen molar-refractivity contribution in [2.45, 2.75) is 44.2 Å². The molecule has 6 heteroatoms. The van der Waals surface area contributed by atoms with E-state index in [1.54, 1.807) is 19.6 Å². The van der Waals surface area contributed by atoms with Crippen molar-refractivity contribution < 1.29 is 17.1 Å². The fourth-order valence-corrected chi connectivity index (χ4v) is 5.64. The van der Waals surface area contributed by atoms with Gasteiger partial charge in [0.1, 0.15) is 5.25 Å². The predicted octanol–water partition coefficient (Wildman–Crippen LogP) is 1.29. The highest BCUT2D eigenvalue weighted by atomic mass is 32.2. The third kappa shape index (κ3) is 2.89. The molecular weight excluding hydrogens is 220 g/mol. The van der Waals surface area contributed by atoms with E-state index < -0.39 is 23.7 Å². The summed E-state index contributed by atoms with van der Waals surface area (Å²) in [5.74, 6) is -0.191. The summed E-state index contributed by atoms with van der Waals surface area (Å²) in [5.41, 5.74) is 0. The van der Waals surface area contributed by atoms with Gasteiger partial charge in [-0.1, -0.05) is 0 Å². The molecule has 0 aliphatic heterocycles. The Kier molecular flexibility index (Phi) is 3.18. The van der Waals surface area contributed by atoms with Crippen LogP contribution in [0.15, 0.2) is 0 Å². The maximum atomic E-state index is 11.7. The molecule has 0 saturated heterocycles. The molecule has 0 heterocycles. The van der Waals surface area contributed by atoms with E-state index in [2.05, 4.69) is 0 Å². The fourth-order valence-electron chi connectivity index (χ4n) is 1.50. The lowest BCUT2D eigenvalue weighted by Crippen LogP contribution is -2.36. The third-order valence-electron chi connectivity index (χ3n) is 1.96. The van der Waals surface area contributed by atoms with Crippen LogP contribution in [0.1, 0.15) is 19.3 Å². The molecule has 1 rings (SSSR count). The van der Waals surface area contributed by atoms with Crippen LogP contribution in [0.5, 0.6) is 0 Å². The summed E-state index contributed by atoms with van der Waals surface area (Å²) in [6, 6.07) is 0. The van der Waals surface area contributed by atoms with Gasteiger partial charge in [-0.15, -0.1) is 0 Å². The molecule has 1 aliphatic rings. The van der Waals surface area contributed by atoms with Crippen LogP contribution < -0.4 is 0 Å². The molecule has 0 bridgehead atoms. The minimum Gasteiger partial charge on any atom is -0.315 e. The molecule has 0 aromatic carbocycles. The number of carbonyl (C=O) groups is 1. The second-order valence-corrected chi connectivity index (χ2v) is 11.0. The van der Waals surface area contributed by atoms with Gasteiger partial charge in [0.25, 0.3) is 10.1 Å². The van der Waals surface area contributed by atoms with Gasteiger partial charge in [-0.05, 0) is 32.5 Å². The van der Waals surface area contributed by atoms with Crippen LogP contribution in [0.4, 0.5) is 0 Å². The van der Waals surface area contributed by atoms with E-state index in [1.165, 1.54) is 0 Å². The van der Waals surface area contributed by atoms with E-state index in [9.17, 15) is 13.2 Å². The number of hydrogen-bond acceptors (Lipinski definition) is 4. The maximum Gasteiger partial charge on any atom is 0.267 e. The monoisotopic (exact) mass is 236 g/mol. The standard InChI is InChI=1S/C8H16O4SSi/c1-14(2,3)12-13(10,11)8-6-4-5-7(8)9/h8H,4-6H2,1-3H3. The van der Waals surface area contributed by atoms with Gasteiger partial charge in [0.15, 0.2) is 5.78 Å². The lowest BCUT2D eigenvalue weighted by molar-refractivity contribution is -0.117. The predicted molar refractivity (Wildman–Crippen MR) is 56.0 cm³/mol. The molecule has 1 atom stereocenters. The molecule has 82 valence electrons. The van der Waals surface area contributed by atoms with Gasteiger partial charge in [0.2, 0.25) is 8.32 Å². The molecule has 0 radical (unpaired) electrons. The largest absolute Gasteiger partial charge is 0.315 e. The van der Waals surface area contributed by atoms with Crippen molar-refractivity contribution in [2.24, 2.45) is 0 Å². The maximum absolute atomic E-state index is 11.7. The smallest absolute Gasteiger partial charge is 0.267 e. The van der Waals surface area contributed by atoms with Crippen LogP contribution in [0, 0.1) is 0 Å². The van der Waals surface area contributed by atoms with Gasteiger partial charge in [0.05, 0.1) is 0 Å². The second kappa shape index (κ2) is 3.75. The molecule has 1 unspecified atom stereocenters. The number of Topliss-reactive ketones (excluding diaryl/α,β-unsaturated/α-hetero) is 1. The average molecular weight is 236 g/mol. The molecule has 1 fully saturated rings. The first kappa shape index (κ1) is 11.9. The van der Waals surface area contributed by atoms with Gasteiger partial charge in [0, 0.05) is 6.42 Å². The molecule has 0 aromatic heterocycles. The number of hydrogen-bond donors (Lipinski definition) is 0. The summed E-state index contributed by atoms with van der Waals surface area (Å²) in [7, 11) is -5.78. The first-order chi connectivity index (χ1) is 6.22. The Morgan fingerprint density at radius 1 is 1.36 bits per heavy atom. The number of rotatable bonds is 3. The molecule has 1 saturated carbocycles.